The molecule has 3 aromatic heterocycles. The normalized spacial score (nSPS) is 16.2. The van der Waals surface area contributed by atoms with Crippen LogP contribution in [0.25, 0.3) is 44.1 Å². The minimum atomic E-state index is -0.822. The van der Waals surface area contributed by atoms with Crippen LogP contribution in [-0.2, 0) is 37.5 Å². The van der Waals surface area contributed by atoms with Crippen molar-refractivity contribution in [2.45, 2.75) is 112 Å². The zero-order chi connectivity index (χ0) is 32.0. The lowest BCUT2D eigenvalue weighted by Crippen LogP contribution is -2.24. The van der Waals surface area contributed by atoms with Crippen molar-refractivity contribution in [2.24, 2.45) is 0 Å². The fraction of sp³-hybridized carbons (Fsp3) is 0.425. The number of nitriles is 1. The number of aromatic nitrogens is 4. The Balaban J connectivity index is 1.94. The first-order valence-electron chi connectivity index (χ1n) is 17.2. The predicted octanol–water partition coefficient (Wildman–Crippen LogP) is 10.2. The summed E-state index contributed by atoms with van der Waals surface area (Å²) in [6.45, 7) is 17.8. The van der Waals surface area contributed by atoms with Crippen molar-refractivity contribution in [2.75, 3.05) is 0 Å². The van der Waals surface area contributed by atoms with Crippen molar-refractivity contribution in [3.63, 3.8) is 0 Å². The van der Waals surface area contributed by atoms with Crippen molar-refractivity contribution in [3.8, 4) is 6.07 Å². The largest absolute Gasteiger partial charge is 0.355 e. The van der Waals surface area contributed by atoms with Gasteiger partial charge in [-0.2, -0.15) is 5.26 Å². The van der Waals surface area contributed by atoms with E-state index in [2.05, 4.69) is 102 Å². The number of nitrogens with one attached hydrogen (secondary N) is 2. The van der Waals surface area contributed by atoms with Crippen molar-refractivity contribution < 1.29 is 0 Å². The van der Waals surface area contributed by atoms with Crippen molar-refractivity contribution in [1.29, 1.82) is 5.26 Å². The summed E-state index contributed by atoms with van der Waals surface area (Å²) < 4.78 is 0. The van der Waals surface area contributed by atoms with Crippen LogP contribution in [0.1, 0.15) is 125 Å². The highest BCUT2D eigenvalue weighted by molar-refractivity contribution is 6.03. The van der Waals surface area contributed by atoms with Crippen LogP contribution in [0.5, 0.6) is 0 Å². The van der Waals surface area contributed by atoms with Crippen LogP contribution in [0.2, 0.25) is 0 Å². The lowest BCUT2D eigenvalue weighted by molar-refractivity contribution is 0.631. The molecule has 2 aliphatic rings. The molecular formula is C40H47N5. The van der Waals surface area contributed by atoms with Crippen LogP contribution in [0, 0.1) is 11.3 Å². The smallest absolute Gasteiger partial charge is 0.126 e. The summed E-state index contributed by atoms with van der Waals surface area (Å²) in [5, 5.41) is 12.1. The first-order valence-corrected chi connectivity index (χ1v) is 17.2. The summed E-state index contributed by atoms with van der Waals surface area (Å²) in [5.41, 5.74) is 17.7. The molecule has 0 fully saturated rings. The number of nitrogens with zero attached hydrogens (tertiary/aromatic N) is 3. The van der Waals surface area contributed by atoms with Gasteiger partial charge < -0.3 is 9.97 Å². The second-order valence-electron chi connectivity index (χ2n) is 12.4. The molecule has 0 amide bonds. The highest BCUT2D eigenvalue weighted by atomic mass is 14.8. The van der Waals surface area contributed by atoms with E-state index in [1.165, 1.54) is 39.0 Å². The fourth-order valence-electron chi connectivity index (χ4n) is 8.20. The molecule has 1 unspecified atom stereocenters. The average molecular weight is 598 g/mol. The summed E-state index contributed by atoms with van der Waals surface area (Å²) in [4.78, 5) is 18.5. The quantitative estimate of drug-likeness (QED) is 0.212. The van der Waals surface area contributed by atoms with Crippen LogP contribution in [0.4, 0.5) is 0 Å². The maximum atomic E-state index is 11.0. The van der Waals surface area contributed by atoms with Gasteiger partial charge in [-0.3, -0.25) is 4.98 Å². The molecule has 0 saturated carbocycles. The molecule has 1 aromatic carbocycles. The molecule has 2 N–H and O–H groups in total. The molecule has 4 aromatic rings. The predicted molar refractivity (Wildman–Crippen MR) is 189 cm³/mol. The van der Waals surface area contributed by atoms with E-state index in [1.54, 1.807) is 0 Å². The van der Waals surface area contributed by atoms with Gasteiger partial charge in [-0.1, -0.05) is 67.5 Å². The van der Waals surface area contributed by atoms with Crippen molar-refractivity contribution in [3.05, 3.63) is 80.8 Å². The molecule has 5 heterocycles. The van der Waals surface area contributed by atoms with E-state index in [4.69, 9.17) is 9.97 Å². The summed E-state index contributed by atoms with van der Waals surface area (Å²) in [6.07, 6.45) is 7.03. The standard InChI is InChI=1S/C40H47N5/c1-9-23-17-18-30-38-29(15-7)28(14-6)34(44-38)20-33-25(11-3)24(10-2)31(42-33)19-32-26(12-4)27(13-5)35(43-32)21-36-40(16-8,22-41)37(23)39(30)45-36/h17-21,42-43H,9-16H2,1-8H3. The first-order chi connectivity index (χ1) is 21.9. The van der Waals surface area contributed by atoms with E-state index < -0.39 is 5.41 Å². The lowest BCUT2D eigenvalue weighted by Gasteiger charge is -2.23. The van der Waals surface area contributed by atoms with Crippen LogP contribution in [-0.4, -0.2) is 19.9 Å². The number of hydrogen-bond donors (Lipinski definition) is 2. The Morgan fingerprint density at radius 2 is 1.20 bits per heavy atom. The van der Waals surface area contributed by atoms with Crippen LogP contribution < -0.4 is 0 Å². The third kappa shape index (κ3) is 4.48. The number of aryl methyl sites for hydroxylation is 5. The van der Waals surface area contributed by atoms with E-state index in [1.807, 2.05) is 0 Å². The SMILES string of the molecule is CCC1=C(CC)c2nc1cc1[nH]c(cc3[nH]c(cc4nc5c(c(CC)ccc25)C4(C#N)CC)c(CC)c3CC)c(CC)c1CC. The van der Waals surface area contributed by atoms with Crippen molar-refractivity contribution in [1.82, 2.24) is 19.9 Å². The maximum absolute atomic E-state index is 11.0. The number of benzene rings is 1. The molecule has 6 rings (SSSR count). The van der Waals surface area contributed by atoms with E-state index in [-0.39, 0.29) is 0 Å². The number of fused-ring (bicyclic) bond motifs is 8. The first kappa shape index (κ1) is 30.8. The molecule has 5 heteroatoms. The summed E-state index contributed by atoms with van der Waals surface area (Å²) in [6, 6.07) is 14.0. The molecule has 45 heavy (non-hydrogen) atoms. The Morgan fingerprint density at radius 3 is 1.69 bits per heavy atom. The molecule has 0 aliphatic carbocycles. The minimum absolute atomic E-state index is 0.656. The van der Waals surface area contributed by atoms with E-state index in [0.717, 1.165) is 101 Å². The molecule has 232 valence electrons. The van der Waals surface area contributed by atoms with Gasteiger partial charge in [0, 0.05) is 33.0 Å². The lowest BCUT2D eigenvalue weighted by atomic mass is 9.75. The van der Waals surface area contributed by atoms with Gasteiger partial charge in [0.05, 0.1) is 28.7 Å². The molecule has 5 nitrogen and oxygen atoms in total. The maximum Gasteiger partial charge on any atom is 0.126 e. The molecular weight excluding hydrogens is 550 g/mol. The molecule has 0 radical (unpaired) electrons. The Bertz CT molecular complexity index is 2060. The summed E-state index contributed by atoms with van der Waals surface area (Å²) >= 11 is 0. The van der Waals surface area contributed by atoms with E-state index >= 15 is 0 Å². The number of rotatable bonds is 8. The van der Waals surface area contributed by atoms with Gasteiger partial charge in [-0.05, 0) is 109 Å². The number of aromatic amines is 2. The highest BCUT2D eigenvalue weighted by Gasteiger charge is 2.42. The summed E-state index contributed by atoms with van der Waals surface area (Å²) in [7, 11) is 0. The van der Waals surface area contributed by atoms with E-state index in [0.29, 0.717) is 6.42 Å². The number of hydrogen-bond acceptors (Lipinski definition) is 3. The van der Waals surface area contributed by atoms with Gasteiger partial charge in [0.1, 0.15) is 5.41 Å². The summed E-state index contributed by atoms with van der Waals surface area (Å²) in [5.74, 6) is 0. The van der Waals surface area contributed by atoms with Crippen LogP contribution >= 0.6 is 0 Å². The van der Waals surface area contributed by atoms with Crippen LogP contribution in [0.3, 0.4) is 0 Å². The van der Waals surface area contributed by atoms with Crippen LogP contribution in [0.15, 0.2) is 30.3 Å². The number of H-pyrrole nitrogens is 2. The minimum Gasteiger partial charge on any atom is -0.355 e. The Morgan fingerprint density at radius 1 is 0.644 bits per heavy atom. The van der Waals surface area contributed by atoms with Gasteiger partial charge in [0.2, 0.25) is 0 Å². The fourth-order valence-corrected chi connectivity index (χ4v) is 8.20. The second-order valence-corrected chi connectivity index (χ2v) is 12.4. The highest BCUT2D eigenvalue weighted by Crippen LogP contribution is 2.46. The zero-order valence-corrected chi connectivity index (χ0v) is 28.4. The van der Waals surface area contributed by atoms with Crippen molar-refractivity contribution >= 4 is 44.1 Å². The average Bonchev–Trinajstić information content (AvgIpc) is 3.78. The Hall–Kier alpha value is -4.17. The Kier molecular flexibility index (Phi) is 8.20. The zero-order valence-electron chi connectivity index (χ0n) is 28.4. The third-order valence-electron chi connectivity index (χ3n) is 10.4. The molecule has 1 atom stereocenters. The Labute approximate surface area is 267 Å². The molecule has 2 aliphatic heterocycles. The van der Waals surface area contributed by atoms with Gasteiger partial charge in [0.15, 0.2) is 0 Å². The number of allylic oxidation sites excluding steroid dienone is 2. The second kappa shape index (κ2) is 12.0. The topological polar surface area (TPSA) is 81.2 Å². The third-order valence-corrected chi connectivity index (χ3v) is 10.4. The van der Waals surface area contributed by atoms with E-state index in [9.17, 15) is 5.26 Å². The molecule has 0 spiro atoms. The molecule has 0 saturated heterocycles. The monoisotopic (exact) mass is 597 g/mol. The van der Waals surface area contributed by atoms with Gasteiger partial charge in [0.25, 0.3) is 0 Å². The van der Waals surface area contributed by atoms with Gasteiger partial charge >= 0.3 is 0 Å². The van der Waals surface area contributed by atoms with Gasteiger partial charge in [-0.15, -0.1) is 0 Å². The van der Waals surface area contributed by atoms with Gasteiger partial charge in [-0.25, -0.2) is 4.98 Å². The molecule has 8 bridgehead atoms.